The van der Waals surface area contributed by atoms with Crippen molar-refractivity contribution in [2.75, 3.05) is 5.32 Å². The molecule has 0 radical (unpaired) electrons. The van der Waals surface area contributed by atoms with Crippen molar-refractivity contribution in [3.8, 4) is 0 Å². The van der Waals surface area contributed by atoms with Gasteiger partial charge >= 0.3 is 0 Å². The van der Waals surface area contributed by atoms with Crippen LogP contribution in [0.3, 0.4) is 0 Å². The van der Waals surface area contributed by atoms with Crippen molar-refractivity contribution in [3.05, 3.63) is 24.4 Å². The summed E-state index contributed by atoms with van der Waals surface area (Å²) < 4.78 is 0. The van der Waals surface area contributed by atoms with Gasteiger partial charge in [0.2, 0.25) is 5.91 Å². The lowest BCUT2D eigenvalue weighted by molar-refractivity contribution is -0.116. The number of anilines is 1. The zero-order chi connectivity index (χ0) is 12.6. The average molecular weight is 246 g/mol. The van der Waals surface area contributed by atoms with Gasteiger partial charge in [-0.1, -0.05) is 38.2 Å². The van der Waals surface area contributed by atoms with E-state index in [1.54, 1.807) is 6.20 Å². The van der Waals surface area contributed by atoms with Gasteiger partial charge < -0.3 is 5.32 Å². The first-order chi connectivity index (χ1) is 8.84. The van der Waals surface area contributed by atoms with Gasteiger partial charge in [-0.3, -0.25) is 4.79 Å². The van der Waals surface area contributed by atoms with Crippen molar-refractivity contribution in [2.45, 2.75) is 51.4 Å². The Morgan fingerprint density at radius 1 is 1.28 bits per heavy atom. The maximum absolute atomic E-state index is 11.7. The van der Waals surface area contributed by atoms with Gasteiger partial charge in [0.15, 0.2) is 0 Å². The van der Waals surface area contributed by atoms with E-state index in [4.69, 9.17) is 0 Å². The molecule has 0 spiro atoms. The smallest absolute Gasteiger partial charge is 0.225 e. The van der Waals surface area contributed by atoms with Gasteiger partial charge in [-0.15, -0.1) is 0 Å². The largest absolute Gasteiger partial charge is 0.311 e. The van der Waals surface area contributed by atoms with Crippen molar-refractivity contribution in [1.29, 1.82) is 0 Å². The first kappa shape index (κ1) is 13.1. The molecule has 1 aliphatic rings. The molecule has 1 N–H and O–H groups in total. The third-order valence-corrected chi connectivity index (χ3v) is 3.67. The van der Waals surface area contributed by atoms with Gasteiger partial charge in [0.05, 0.1) is 0 Å². The Morgan fingerprint density at radius 3 is 2.83 bits per heavy atom. The summed E-state index contributed by atoms with van der Waals surface area (Å²) in [6.45, 7) is 0. The second-order valence-electron chi connectivity index (χ2n) is 5.16. The minimum Gasteiger partial charge on any atom is -0.311 e. The maximum atomic E-state index is 11.7. The first-order valence-corrected chi connectivity index (χ1v) is 7.05. The lowest BCUT2D eigenvalue weighted by Gasteiger charge is -2.21. The maximum Gasteiger partial charge on any atom is 0.225 e. The molecule has 0 bridgehead atoms. The minimum absolute atomic E-state index is 0.0875. The highest BCUT2D eigenvalue weighted by Crippen LogP contribution is 2.27. The number of carbonyl (C=O) groups is 1. The van der Waals surface area contributed by atoms with Gasteiger partial charge in [0.1, 0.15) is 5.82 Å². The van der Waals surface area contributed by atoms with E-state index in [-0.39, 0.29) is 5.91 Å². The molecule has 98 valence electrons. The molecular formula is C15H22N2O. The van der Waals surface area contributed by atoms with Crippen LogP contribution in [-0.2, 0) is 4.79 Å². The number of amides is 1. The van der Waals surface area contributed by atoms with Crippen molar-refractivity contribution in [1.82, 2.24) is 4.98 Å². The van der Waals surface area contributed by atoms with Crippen LogP contribution in [0, 0.1) is 5.92 Å². The zero-order valence-electron chi connectivity index (χ0n) is 10.9. The molecule has 3 nitrogen and oxygen atoms in total. The van der Waals surface area contributed by atoms with E-state index in [2.05, 4.69) is 10.3 Å². The molecule has 0 saturated heterocycles. The molecule has 1 fully saturated rings. The Morgan fingerprint density at radius 2 is 2.11 bits per heavy atom. The summed E-state index contributed by atoms with van der Waals surface area (Å²) in [6, 6.07) is 5.54. The van der Waals surface area contributed by atoms with Crippen LogP contribution < -0.4 is 5.32 Å². The van der Waals surface area contributed by atoms with E-state index in [1.165, 1.54) is 38.5 Å². The van der Waals surface area contributed by atoms with Crippen LogP contribution >= 0.6 is 0 Å². The minimum atomic E-state index is 0.0875. The molecule has 1 aromatic heterocycles. The van der Waals surface area contributed by atoms with E-state index < -0.39 is 0 Å². The fraction of sp³-hybridized carbons (Fsp3) is 0.600. The summed E-state index contributed by atoms with van der Waals surface area (Å²) >= 11 is 0. The molecule has 1 heterocycles. The van der Waals surface area contributed by atoms with Crippen LogP contribution in [0.15, 0.2) is 24.4 Å². The normalized spacial score (nSPS) is 16.4. The van der Waals surface area contributed by atoms with Crippen molar-refractivity contribution >= 4 is 11.7 Å². The molecule has 1 amide bonds. The van der Waals surface area contributed by atoms with Crippen molar-refractivity contribution < 1.29 is 4.79 Å². The summed E-state index contributed by atoms with van der Waals surface area (Å²) in [7, 11) is 0. The van der Waals surface area contributed by atoms with Crippen molar-refractivity contribution in [2.24, 2.45) is 5.92 Å². The summed E-state index contributed by atoms with van der Waals surface area (Å²) in [4.78, 5) is 15.8. The number of nitrogens with one attached hydrogen (secondary N) is 1. The van der Waals surface area contributed by atoms with Gasteiger partial charge in [-0.2, -0.15) is 0 Å². The van der Waals surface area contributed by atoms with Crippen LogP contribution in [0.4, 0.5) is 5.82 Å². The quantitative estimate of drug-likeness (QED) is 0.859. The van der Waals surface area contributed by atoms with Crippen molar-refractivity contribution in [3.63, 3.8) is 0 Å². The topological polar surface area (TPSA) is 42.0 Å². The third kappa shape index (κ3) is 4.47. The van der Waals surface area contributed by atoms with E-state index in [0.29, 0.717) is 12.2 Å². The highest BCUT2D eigenvalue weighted by molar-refractivity contribution is 5.89. The number of hydrogen-bond acceptors (Lipinski definition) is 2. The molecule has 3 heteroatoms. The van der Waals surface area contributed by atoms with Crippen LogP contribution in [0.1, 0.15) is 51.4 Å². The number of rotatable bonds is 5. The zero-order valence-corrected chi connectivity index (χ0v) is 10.9. The van der Waals surface area contributed by atoms with Gasteiger partial charge in [0, 0.05) is 12.6 Å². The Kier molecular flexibility index (Phi) is 5.18. The second kappa shape index (κ2) is 7.14. The molecule has 0 unspecified atom stereocenters. The van der Waals surface area contributed by atoms with Crippen LogP contribution in [-0.4, -0.2) is 10.9 Å². The van der Waals surface area contributed by atoms with E-state index in [1.807, 2.05) is 18.2 Å². The molecule has 18 heavy (non-hydrogen) atoms. The predicted octanol–water partition coefficient (Wildman–Crippen LogP) is 3.77. The molecule has 0 atom stereocenters. The van der Waals surface area contributed by atoms with Gasteiger partial charge in [0.25, 0.3) is 0 Å². The van der Waals surface area contributed by atoms with Crippen LogP contribution in [0.5, 0.6) is 0 Å². The summed E-state index contributed by atoms with van der Waals surface area (Å²) in [5, 5.41) is 2.83. The van der Waals surface area contributed by atoms with E-state index >= 15 is 0 Å². The number of nitrogens with zero attached hydrogens (tertiary/aromatic N) is 1. The fourth-order valence-corrected chi connectivity index (χ4v) is 2.67. The Labute approximate surface area is 109 Å². The van der Waals surface area contributed by atoms with Crippen LogP contribution in [0.2, 0.25) is 0 Å². The van der Waals surface area contributed by atoms with Gasteiger partial charge in [-0.25, -0.2) is 4.98 Å². The number of hydrogen-bond donors (Lipinski definition) is 1. The highest BCUT2D eigenvalue weighted by atomic mass is 16.1. The molecule has 2 rings (SSSR count). The molecular weight excluding hydrogens is 224 g/mol. The fourth-order valence-electron chi connectivity index (χ4n) is 2.67. The van der Waals surface area contributed by atoms with Crippen LogP contribution in [0.25, 0.3) is 0 Å². The SMILES string of the molecule is O=C(CCCC1CCCCC1)Nc1ccccn1. The molecule has 0 aliphatic heterocycles. The summed E-state index contributed by atoms with van der Waals surface area (Å²) in [5.74, 6) is 1.60. The van der Waals surface area contributed by atoms with Gasteiger partial charge in [-0.05, 0) is 30.9 Å². The van der Waals surface area contributed by atoms with E-state index in [0.717, 1.165) is 12.3 Å². The number of pyridine rings is 1. The summed E-state index contributed by atoms with van der Waals surface area (Å²) in [5.41, 5.74) is 0. The highest BCUT2D eigenvalue weighted by Gasteiger charge is 2.13. The van der Waals surface area contributed by atoms with E-state index in [9.17, 15) is 4.79 Å². The Balaban J connectivity index is 1.62. The molecule has 1 aromatic rings. The monoisotopic (exact) mass is 246 g/mol. The number of aromatic nitrogens is 1. The summed E-state index contributed by atoms with van der Waals surface area (Å²) in [6.07, 6.45) is 11.4. The standard InChI is InChI=1S/C15H22N2O/c18-15(17-14-10-4-5-12-16-14)11-6-9-13-7-2-1-3-8-13/h4-5,10,12-13H,1-3,6-9,11H2,(H,16,17,18). The molecule has 1 saturated carbocycles. The lowest BCUT2D eigenvalue weighted by Crippen LogP contribution is -2.13. The molecule has 1 aliphatic carbocycles. The Bertz CT molecular complexity index is 358. The second-order valence-corrected chi connectivity index (χ2v) is 5.16. The Hall–Kier alpha value is -1.38. The first-order valence-electron chi connectivity index (χ1n) is 7.05. The predicted molar refractivity (Wildman–Crippen MR) is 73.3 cm³/mol. The average Bonchev–Trinajstić information content (AvgIpc) is 2.41. The molecule has 0 aromatic carbocycles. The number of carbonyl (C=O) groups excluding carboxylic acids is 1. The third-order valence-electron chi connectivity index (χ3n) is 3.67. The lowest BCUT2D eigenvalue weighted by atomic mass is 9.86.